The number of hydrogen-bond acceptors (Lipinski definition) is 3. The molecule has 1 aromatic rings. The molecule has 0 unspecified atom stereocenters. The van der Waals surface area contributed by atoms with Crippen molar-refractivity contribution in [1.29, 1.82) is 0 Å². The normalized spacial score (nSPS) is 12.1. The number of hydrogen-bond donors (Lipinski definition) is 3. The number of nitrogens with one attached hydrogen (secondary N) is 1. The summed E-state index contributed by atoms with van der Waals surface area (Å²) >= 11 is 0. The summed E-state index contributed by atoms with van der Waals surface area (Å²) in [6.45, 7) is 7.20. The lowest BCUT2D eigenvalue weighted by Gasteiger charge is -2.36. The van der Waals surface area contributed by atoms with Gasteiger partial charge in [0.15, 0.2) is 0 Å². The zero-order valence-electron chi connectivity index (χ0n) is 12.4. The van der Waals surface area contributed by atoms with Crippen molar-refractivity contribution >= 4 is 17.6 Å². The van der Waals surface area contributed by atoms with E-state index in [9.17, 15) is 9.59 Å². The number of rotatable bonds is 5. The first-order valence-electron chi connectivity index (χ1n) is 6.45. The predicted molar refractivity (Wildman–Crippen MR) is 78.5 cm³/mol. The average molecular weight is 278 g/mol. The number of anilines is 1. The molecular formula is C15H22N2O3. The number of amides is 1. The summed E-state index contributed by atoms with van der Waals surface area (Å²) in [5, 5.41) is 11.5. The van der Waals surface area contributed by atoms with Crippen LogP contribution in [0.25, 0.3) is 0 Å². The van der Waals surface area contributed by atoms with Gasteiger partial charge >= 0.3 is 5.97 Å². The summed E-state index contributed by atoms with van der Waals surface area (Å²) in [6, 6.07) is 6.75. The molecule has 0 aliphatic heterocycles. The maximum Gasteiger partial charge on any atom is 0.307 e. The van der Waals surface area contributed by atoms with Crippen LogP contribution in [-0.4, -0.2) is 22.5 Å². The Hall–Kier alpha value is -1.88. The number of carbonyl (C=O) groups is 2. The zero-order chi connectivity index (χ0) is 15.6. The fraction of sp³-hybridized carbons (Fsp3) is 0.467. The second kappa shape index (κ2) is 5.63. The molecule has 0 aliphatic rings. The van der Waals surface area contributed by atoms with Crippen LogP contribution in [0.1, 0.15) is 33.3 Å². The SMILES string of the molecule is CC(C)(N)C(C)(C)C(=O)Nc1ccc(CC(=O)O)cc1. The number of aliphatic carboxylic acids is 1. The highest BCUT2D eigenvalue weighted by atomic mass is 16.4. The van der Waals surface area contributed by atoms with Gasteiger partial charge in [-0.3, -0.25) is 9.59 Å². The van der Waals surface area contributed by atoms with Crippen LogP contribution >= 0.6 is 0 Å². The first-order valence-corrected chi connectivity index (χ1v) is 6.45. The van der Waals surface area contributed by atoms with Crippen molar-refractivity contribution in [3.8, 4) is 0 Å². The van der Waals surface area contributed by atoms with Crippen molar-refractivity contribution in [2.75, 3.05) is 5.32 Å². The van der Waals surface area contributed by atoms with Crippen LogP contribution in [0.5, 0.6) is 0 Å². The molecule has 0 heterocycles. The smallest absolute Gasteiger partial charge is 0.307 e. The zero-order valence-corrected chi connectivity index (χ0v) is 12.4. The van der Waals surface area contributed by atoms with Gasteiger partial charge in [0.2, 0.25) is 5.91 Å². The summed E-state index contributed by atoms with van der Waals surface area (Å²) in [7, 11) is 0. The summed E-state index contributed by atoms with van der Waals surface area (Å²) in [5.74, 6) is -1.05. The fourth-order valence-corrected chi connectivity index (χ4v) is 1.46. The molecule has 0 atom stereocenters. The molecule has 1 rings (SSSR count). The summed E-state index contributed by atoms with van der Waals surface area (Å²) in [4.78, 5) is 22.8. The molecule has 0 fully saturated rings. The second-order valence-corrected chi connectivity index (χ2v) is 6.07. The Labute approximate surface area is 119 Å². The van der Waals surface area contributed by atoms with Crippen LogP contribution in [0.2, 0.25) is 0 Å². The van der Waals surface area contributed by atoms with Crippen molar-refractivity contribution in [3.63, 3.8) is 0 Å². The minimum absolute atomic E-state index is 0.0322. The second-order valence-electron chi connectivity index (χ2n) is 6.07. The Kier molecular flexibility index (Phi) is 4.55. The van der Waals surface area contributed by atoms with E-state index in [0.717, 1.165) is 0 Å². The molecule has 5 nitrogen and oxygen atoms in total. The van der Waals surface area contributed by atoms with E-state index in [-0.39, 0.29) is 12.3 Å². The number of carbonyl (C=O) groups excluding carboxylic acids is 1. The van der Waals surface area contributed by atoms with Gasteiger partial charge in [-0.25, -0.2) is 0 Å². The lowest BCUT2D eigenvalue weighted by Crippen LogP contribution is -2.53. The molecule has 0 spiro atoms. The van der Waals surface area contributed by atoms with Gasteiger partial charge in [-0.05, 0) is 45.4 Å². The van der Waals surface area contributed by atoms with Crippen LogP contribution in [0.15, 0.2) is 24.3 Å². The molecule has 0 bridgehead atoms. The van der Waals surface area contributed by atoms with E-state index in [4.69, 9.17) is 10.8 Å². The predicted octanol–water partition coefficient (Wildman–Crippen LogP) is 2.02. The van der Waals surface area contributed by atoms with Gasteiger partial charge in [0, 0.05) is 11.2 Å². The Morgan fingerprint density at radius 1 is 1.15 bits per heavy atom. The van der Waals surface area contributed by atoms with Crippen molar-refractivity contribution in [2.45, 2.75) is 39.7 Å². The van der Waals surface area contributed by atoms with E-state index in [1.165, 1.54) is 0 Å². The van der Waals surface area contributed by atoms with E-state index in [0.29, 0.717) is 11.3 Å². The molecule has 4 N–H and O–H groups in total. The molecule has 0 aliphatic carbocycles. The summed E-state index contributed by atoms with van der Waals surface area (Å²) in [5.41, 5.74) is 5.95. The molecule has 0 saturated carbocycles. The lowest BCUT2D eigenvalue weighted by atomic mass is 9.74. The van der Waals surface area contributed by atoms with Gasteiger partial charge < -0.3 is 16.2 Å². The number of benzene rings is 1. The summed E-state index contributed by atoms with van der Waals surface area (Å²) in [6.07, 6.45) is -0.0322. The van der Waals surface area contributed by atoms with Crippen LogP contribution in [0, 0.1) is 5.41 Å². The number of carboxylic acid groups (broad SMARTS) is 1. The van der Waals surface area contributed by atoms with Crippen LogP contribution in [0.3, 0.4) is 0 Å². The molecular weight excluding hydrogens is 256 g/mol. The Bertz CT molecular complexity index is 499. The van der Waals surface area contributed by atoms with Crippen LogP contribution in [0.4, 0.5) is 5.69 Å². The van der Waals surface area contributed by atoms with E-state index >= 15 is 0 Å². The Morgan fingerprint density at radius 3 is 2.05 bits per heavy atom. The summed E-state index contributed by atoms with van der Waals surface area (Å²) < 4.78 is 0. The van der Waals surface area contributed by atoms with E-state index < -0.39 is 16.9 Å². The first kappa shape index (κ1) is 16.2. The lowest BCUT2D eigenvalue weighted by molar-refractivity contribution is -0.136. The fourth-order valence-electron chi connectivity index (χ4n) is 1.46. The third kappa shape index (κ3) is 3.81. The maximum atomic E-state index is 12.3. The molecule has 0 saturated heterocycles. The highest BCUT2D eigenvalue weighted by Crippen LogP contribution is 2.29. The van der Waals surface area contributed by atoms with Gasteiger partial charge in [-0.2, -0.15) is 0 Å². The highest BCUT2D eigenvalue weighted by molar-refractivity contribution is 5.95. The van der Waals surface area contributed by atoms with Crippen molar-refractivity contribution < 1.29 is 14.7 Å². The monoisotopic (exact) mass is 278 g/mol. The Balaban J connectivity index is 2.79. The molecule has 1 amide bonds. The Morgan fingerprint density at radius 2 is 1.65 bits per heavy atom. The first-order chi connectivity index (χ1) is 9.04. The van der Waals surface area contributed by atoms with Gasteiger partial charge in [0.1, 0.15) is 0 Å². The standard InChI is InChI=1S/C15H22N2O3/c1-14(2,15(3,4)16)13(20)17-11-7-5-10(6-8-11)9-12(18)19/h5-8H,9,16H2,1-4H3,(H,17,20)(H,18,19). The number of carboxylic acids is 1. The minimum atomic E-state index is -0.882. The van der Waals surface area contributed by atoms with Gasteiger partial charge in [0.25, 0.3) is 0 Å². The van der Waals surface area contributed by atoms with E-state index in [1.807, 2.05) is 13.8 Å². The molecule has 20 heavy (non-hydrogen) atoms. The molecule has 110 valence electrons. The highest BCUT2D eigenvalue weighted by Gasteiger charge is 2.40. The van der Waals surface area contributed by atoms with Crippen LogP contribution < -0.4 is 11.1 Å². The van der Waals surface area contributed by atoms with Gasteiger partial charge in [-0.15, -0.1) is 0 Å². The van der Waals surface area contributed by atoms with Gasteiger partial charge in [-0.1, -0.05) is 12.1 Å². The third-order valence-electron chi connectivity index (χ3n) is 3.75. The maximum absolute atomic E-state index is 12.3. The van der Waals surface area contributed by atoms with Crippen molar-refractivity contribution in [1.82, 2.24) is 0 Å². The largest absolute Gasteiger partial charge is 0.481 e. The quantitative estimate of drug-likeness (QED) is 0.768. The topological polar surface area (TPSA) is 92.4 Å². The molecule has 5 heteroatoms. The molecule has 0 radical (unpaired) electrons. The van der Waals surface area contributed by atoms with Gasteiger partial charge in [0.05, 0.1) is 11.8 Å². The minimum Gasteiger partial charge on any atom is -0.481 e. The molecule has 0 aromatic heterocycles. The number of nitrogens with two attached hydrogens (primary N) is 1. The van der Waals surface area contributed by atoms with E-state index in [2.05, 4.69) is 5.32 Å². The van der Waals surface area contributed by atoms with Crippen LogP contribution in [-0.2, 0) is 16.0 Å². The third-order valence-corrected chi connectivity index (χ3v) is 3.75. The average Bonchev–Trinajstić information content (AvgIpc) is 2.29. The molecule has 1 aromatic carbocycles. The van der Waals surface area contributed by atoms with Crippen molar-refractivity contribution in [2.24, 2.45) is 11.1 Å². The van der Waals surface area contributed by atoms with Crippen molar-refractivity contribution in [3.05, 3.63) is 29.8 Å². The van der Waals surface area contributed by atoms with E-state index in [1.54, 1.807) is 38.1 Å².